The Hall–Kier alpha value is -0.320. The molecule has 2 atom stereocenters. The van der Waals surface area contributed by atoms with Crippen LogP contribution >= 0.6 is 12.4 Å². The van der Waals surface area contributed by atoms with E-state index in [-0.39, 0.29) is 30.5 Å². The third kappa shape index (κ3) is 3.34. The molecule has 2 unspecified atom stereocenters. The molecule has 5 heteroatoms. The van der Waals surface area contributed by atoms with E-state index in [4.69, 9.17) is 4.74 Å². The second kappa shape index (κ2) is 6.42. The van der Waals surface area contributed by atoms with E-state index in [0.29, 0.717) is 0 Å². The Bertz CT molecular complexity index is 226. The van der Waals surface area contributed by atoms with Gasteiger partial charge in [-0.15, -0.1) is 12.4 Å². The number of halogens is 1. The summed E-state index contributed by atoms with van der Waals surface area (Å²) in [6.07, 6.45) is 4.59. The van der Waals surface area contributed by atoms with Crippen LogP contribution in [0.2, 0.25) is 0 Å². The maximum absolute atomic E-state index is 11.9. The van der Waals surface area contributed by atoms with E-state index >= 15 is 0 Å². The van der Waals surface area contributed by atoms with Crippen LogP contribution in [0.4, 0.5) is 0 Å². The van der Waals surface area contributed by atoms with Crippen LogP contribution in [0.5, 0.6) is 0 Å². The highest BCUT2D eigenvalue weighted by atomic mass is 35.5. The summed E-state index contributed by atoms with van der Waals surface area (Å²) < 4.78 is 5.52. The van der Waals surface area contributed by atoms with Crippen molar-refractivity contribution in [1.29, 1.82) is 0 Å². The van der Waals surface area contributed by atoms with Crippen LogP contribution in [0.15, 0.2) is 0 Å². The van der Waals surface area contributed by atoms with E-state index in [0.717, 1.165) is 45.4 Å². The molecule has 94 valence electrons. The lowest BCUT2D eigenvalue weighted by Crippen LogP contribution is -2.44. The van der Waals surface area contributed by atoms with Crippen LogP contribution in [0.3, 0.4) is 0 Å². The lowest BCUT2D eigenvalue weighted by atomic mass is 10.2. The van der Waals surface area contributed by atoms with Gasteiger partial charge in [-0.25, -0.2) is 0 Å². The van der Waals surface area contributed by atoms with Crippen molar-refractivity contribution in [1.82, 2.24) is 10.2 Å². The number of amides is 1. The molecule has 2 aliphatic rings. The highest BCUT2D eigenvalue weighted by Crippen LogP contribution is 2.14. The lowest BCUT2D eigenvalue weighted by molar-refractivity contribution is -0.133. The molecule has 0 bridgehead atoms. The molecule has 2 rings (SSSR count). The lowest BCUT2D eigenvalue weighted by Gasteiger charge is -2.23. The summed E-state index contributed by atoms with van der Waals surface area (Å²) in [4.78, 5) is 13.8. The fourth-order valence-corrected chi connectivity index (χ4v) is 2.35. The monoisotopic (exact) mass is 248 g/mol. The molecule has 0 saturated carbocycles. The van der Waals surface area contributed by atoms with Crippen molar-refractivity contribution in [2.45, 2.75) is 37.8 Å². The topological polar surface area (TPSA) is 41.6 Å². The minimum atomic E-state index is 0. The molecule has 0 spiro atoms. The number of rotatable bonds is 3. The molecule has 0 radical (unpaired) electrons. The van der Waals surface area contributed by atoms with Gasteiger partial charge in [0.05, 0.1) is 12.1 Å². The number of hydrogen-bond acceptors (Lipinski definition) is 3. The van der Waals surface area contributed by atoms with Gasteiger partial charge in [-0.2, -0.15) is 0 Å². The van der Waals surface area contributed by atoms with Gasteiger partial charge in [0.25, 0.3) is 0 Å². The summed E-state index contributed by atoms with van der Waals surface area (Å²) in [6, 6.07) is 0.0522. The molecule has 0 aliphatic carbocycles. The molecule has 2 fully saturated rings. The van der Waals surface area contributed by atoms with Gasteiger partial charge in [-0.3, -0.25) is 4.79 Å². The van der Waals surface area contributed by atoms with Gasteiger partial charge in [-0.1, -0.05) is 0 Å². The molecule has 16 heavy (non-hydrogen) atoms. The van der Waals surface area contributed by atoms with Crippen LogP contribution in [0.1, 0.15) is 25.7 Å². The summed E-state index contributed by atoms with van der Waals surface area (Å²) in [6.45, 7) is 2.58. The van der Waals surface area contributed by atoms with Gasteiger partial charge in [-0.05, 0) is 32.2 Å². The van der Waals surface area contributed by atoms with Crippen molar-refractivity contribution >= 4 is 18.3 Å². The summed E-state index contributed by atoms with van der Waals surface area (Å²) in [7, 11) is 1.88. The Morgan fingerprint density at radius 1 is 1.44 bits per heavy atom. The number of nitrogens with one attached hydrogen (secondary N) is 1. The van der Waals surface area contributed by atoms with Crippen molar-refractivity contribution in [3.8, 4) is 0 Å². The van der Waals surface area contributed by atoms with E-state index in [9.17, 15) is 4.79 Å². The first-order valence-corrected chi connectivity index (χ1v) is 5.87. The molecular formula is C11H21ClN2O2. The maximum Gasteiger partial charge on any atom is 0.239 e. The Labute approximate surface area is 103 Å². The predicted molar refractivity (Wildman–Crippen MR) is 64.9 cm³/mol. The summed E-state index contributed by atoms with van der Waals surface area (Å²) >= 11 is 0. The van der Waals surface area contributed by atoms with Gasteiger partial charge in [0.1, 0.15) is 0 Å². The molecule has 4 nitrogen and oxygen atoms in total. The van der Waals surface area contributed by atoms with Crippen LogP contribution < -0.4 is 5.32 Å². The average Bonchev–Trinajstić information content (AvgIpc) is 2.88. The number of ether oxygens (including phenoxy) is 1. The van der Waals surface area contributed by atoms with Crippen LogP contribution in [0, 0.1) is 0 Å². The van der Waals surface area contributed by atoms with Crippen LogP contribution in [-0.4, -0.2) is 49.7 Å². The zero-order valence-corrected chi connectivity index (χ0v) is 10.6. The Balaban J connectivity index is 0.00000128. The quantitative estimate of drug-likeness (QED) is 0.803. The third-order valence-corrected chi connectivity index (χ3v) is 3.24. The molecule has 0 aromatic carbocycles. The number of likely N-dealkylation sites (N-methyl/N-ethyl adjacent to an activating group) is 1. The number of carbonyl (C=O) groups excluding carboxylic acids is 1. The van der Waals surface area contributed by atoms with E-state index in [1.165, 1.54) is 0 Å². The first kappa shape index (κ1) is 13.7. The standard InChI is InChI=1S/C11H20N2O2.ClH/c1-13(8-9-4-3-7-15-9)11(14)10-5-2-6-12-10;/h9-10,12H,2-8H2,1H3;1H. The molecule has 2 aliphatic heterocycles. The van der Waals surface area contributed by atoms with Gasteiger partial charge >= 0.3 is 0 Å². The number of carbonyl (C=O) groups is 1. The van der Waals surface area contributed by atoms with Gasteiger partial charge in [0, 0.05) is 20.2 Å². The van der Waals surface area contributed by atoms with E-state index < -0.39 is 0 Å². The van der Waals surface area contributed by atoms with Crippen molar-refractivity contribution in [2.75, 3.05) is 26.7 Å². The Morgan fingerprint density at radius 2 is 2.25 bits per heavy atom. The average molecular weight is 249 g/mol. The van der Waals surface area contributed by atoms with Gasteiger partial charge in [0.15, 0.2) is 0 Å². The van der Waals surface area contributed by atoms with Crippen molar-refractivity contribution < 1.29 is 9.53 Å². The van der Waals surface area contributed by atoms with Gasteiger partial charge < -0.3 is 15.0 Å². The molecule has 2 heterocycles. The van der Waals surface area contributed by atoms with Crippen LogP contribution in [-0.2, 0) is 9.53 Å². The molecule has 2 saturated heterocycles. The molecule has 0 aromatic rings. The van der Waals surface area contributed by atoms with E-state index in [1.54, 1.807) is 0 Å². The number of hydrogen-bond donors (Lipinski definition) is 1. The fourth-order valence-electron chi connectivity index (χ4n) is 2.35. The van der Waals surface area contributed by atoms with Gasteiger partial charge in [0.2, 0.25) is 5.91 Å². The van der Waals surface area contributed by atoms with E-state index in [1.807, 2.05) is 11.9 Å². The zero-order chi connectivity index (χ0) is 10.7. The molecule has 1 amide bonds. The van der Waals surface area contributed by atoms with Crippen LogP contribution in [0.25, 0.3) is 0 Å². The summed E-state index contributed by atoms with van der Waals surface area (Å²) in [5.74, 6) is 0.225. The Kier molecular flexibility index (Phi) is 5.52. The van der Waals surface area contributed by atoms with Crippen molar-refractivity contribution in [3.63, 3.8) is 0 Å². The summed E-state index contributed by atoms with van der Waals surface area (Å²) in [5.41, 5.74) is 0. The Morgan fingerprint density at radius 3 is 2.81 bits per heavy atom. The highest BCUT2D eigenvalue weighted by Gasteiger charge is 2.27. The summed E-state index contributed by atoms with van der Waals surface area (Å²) in [5, 5.41) is 3.23. The minimum Gasteiger partial charge on any atom is -0.376 e. The molecule has 0 aromatic heterocycles. The highest BCUT2D eigenvalue weighted by molar-refractivity contribution is 5.85. The first-order valence-electron chi connectivity index (χ1n) is 5.87. The van der Waals surface area contributed by atoms with E-state index in [2.05, 4.69) is 5.32 Å². The first-order chi connectivity index (χ1) is 7.27. The second-order valence-corrected chi connectivity index (χ2v) is 4.50. The largest absolute Gasteiger partial charge is 0.376 e. The van der Waals surface area contributed by atoms with Crippen molar-refractivity contribution in [3.05, 3.63) is 0 Å². The SMILES string of the molecule is CN(CC1CCCO1)C(=O)C1CCCN1.Cl. The maximum atomic E-state index is 11.9. The second-order valence-electron chi connectivity index (χ2n) is 4.50. The van der Waals surface area contributed by atoms with Crippen molar-refractivity contribution in [2.24, 2.45) is 0 Å². The normalized spacial score (nSPS) is 28.8. The smallest absolute Gasteiger partial charge is 0.239 e. The third-order valence-electron chi connectivity index (χ3n) is 3.24. The number of nitrogens with zero attached hydrogens (tertiary/aromatic N) is 1. The fraction of sp³-hybridized carbons (Fsp3) is 0.909. The molecule has 1 N–H and O–H groups in total. The minimum absolute atomic E-state index is 0. The predicted octanol–water partition coefficient (Wildman–Crippen LogP) is 0.798. The zero-order valence-electron chi connectivity index (χ0n) is 9.78. The molecular weight excluding hydrogens is 228 g/mol.